The molecule has 0 aliphatic carbocycles. The van der Waals surface area contributed by atoms with E-state index in [1.165, 1.54) is 12.1 Å². The van der Waals surface area contributed by atoms with Gasteiger partial charge in [-0.1, -0.05) is 44.5 Å². The average Bonchev–Trinajstić information content (AvgIpc) is 2.28. The summed E-state index contributed by atoms with van der Waals surface area (Å²) in [5.74, 6) is 0.319. The fourth-order valence-corrected chi connectivity index (χ4v) is 1.90. The molecule has 1 aromatic carbocycles. The van der Waals surface area contributed by atoms with Crippen LogP contribution in [0.5, 0.6) is 0 Å². The third kappa shape index (κ3) is 3.05. The lowest BCUT2D eigenvalue weighted by Gasteiger charge is -2.27. The van der Waals surface area contributed by atoms with Gasteiger partial charge in [-0.25, -0.2) is 0 Å². The van der Waals surface area contributed by atoms with Gasteiger partial charge in [0.15, 0.2) is 5.60 Å². The lowest BCUT2D eigenvalue weighted by atomic mass is 9.91. The van der Waals surface area contributed by atoms with Gasteiger partial charge in [0, 0.05) is 0 Å². The molecule has 18 heavy (non-hydrogen) atoms. The fourth-order valence-electron chi connectivity index (χ4n) is 1.90. The van der Waals surface area contributed by atoms with Crippen molar-refractivity contribution in [3.05, 3.63) is 35.4 Å². The van der Waals surface area contributed by atoms with Crippen LogP contribution in [0.15, 0.2) is 24.3 Å². The van der Waals surface area contributed by atoms with Crippen molar-refractivity contribution in [1.82, 2.24) is 0 Å². The van der Waals surface area contributed by atoms with Crippen LogP contribution < -0.4 is 0 Å². The van der Waals surface area contributed by atoms with Crippen LogP contribution >= 0.6 is 0 Å². The zero-order valence-electron chi connectivity index (χ0n) is 10.9. The van der Waals surface area contributed by atoms with E-state index in [1.807, 2.05) is 6.92 Å². The molecule has 1 aromatic rings. The van der Waals surface area contributed by atoms with Crippen molar-refractivity contribution >= 4 is 0 Å². The highest BCUT2D eigenvalue weighted by atomic mass is 19.4. The van der Waals surface area contributed by atoms with E-state index < -0.39 is 11.8 Å². The first-order chi connectivity index (χ1) is 8.20. The molecule has 4 heteroatoms. The quantitative estimate of drug-likeness (QED) is 0.852. The maximum atomic E-state index is 12.6. The van der Waals surface area contributed by atoms with E-state index in [4.69, 9.17) is 0 Å². The second-order valence-electron chi connectivity index (χ2n) is 4.88. The van der Waals surface area contributed by atoms with Crippen LogP contribution in [0, 0.1) is 0 Å². The minimum Gasteiger partial charge on any atom is -0.376 e. The first kappa shape index (κ1) is 15.0. The van der Waals surface area contributed by atoms with Gasteiger partial charge in [-0.15, -0.1) is 0 Å². The molecule has 0 heterocycles. The molecule has 1 rings (SSSR count). The second kappa shape index (κ2) is 5.31. The molecule has 0 radical (unpaired) electrons. The molecule has 0 amide bonds. The van der Waals surface area contributed by atoms with Gasteiger partial charge >= 0.3 is 6.18 Å². The van der Waals surface area contributed by atoms with E-state index in [0.717, 1.165) is 25.3 Å². The Morgan fingerprint density at radius 2 is 1.67 bits per heavy atom. The van der Waals surface area contributed by atoms with E-state index in [-0.39, 0.29) is 5.56 Å². The van der Waals surface area contributed by atoms with E-state index in [2.05, 4.69) is 6.92 Å². The van der Waals surface area contributed by atoms with Crippen LogP contribution in [0.4, 0.5) is 13.2 Å². The minimum absolute atomic E-state index is 0.123. The second-order valence-corrected chi connectivity index (χ2v) is 4.88. The van der Waals surface area contributed by atoms with Gasteiger partial charge in [0.1, 0.15) is 0 Å². The molecule has 0 aliphatic rings. The minimum atomic E-state index is -4.66. The lowest BCUT2D eigenvalue weighted by Crippen LogP contribution is -2.39. The molecular weight excluding hydrogens is 241 g/mol. The Morgan fingerprint density at radius 3 is 2.06 bits per heavy atom. The third-order valence-electron chi connectivity index (χ3n) is 3.32. The average molecular weight is 260 g/mol. The molecule has 1 nitrogen and oxygen atoms in total. The van der Waals surface area contributed by atoms with Crippen LogP contribution in [0.25, 0.3) is 0 Å². The molecule has 0 saturated carbocycles. The topological polar surface area (TPSA) is 20.2 Å². The molecule has 0 spiro atoms. The van der Waals surface area contributed by atoms with Crippen molar-refractivity contribution in [1.29, 1.82) is 0 Å². The Labute approximate surface area is 106 Å². The molecule has 102 valence electrons. The third-order valence-corrected chi connectivity index (χ3v) is 3.32. The van der Waals surface area contributed by atoms with E-state index in [0.29, 0.717) is 5.92 Å². The Morgan fingerprint density at radius 1 is 1.17 bits per heavy atom. The van der Waals surface area contributed by atoms with Gasteiger partial charge in [-0.2, -0.15) is 13.2 Å². The summed E-state index contributed by atoms with van der Waals surface area (Å²) in [7, 11) is 0. The highest BCUT2D eigenvalue weighted by Crippen LogP contribution is 2.38. The van der Waals surface area contributed by atoms with Crippen molar-refractivity contribution in [2.45, 2.75) is 51.3 Å². The summed E-state index contributed by atoms with van der Waals surface area (Å²) in [5.41, 5.74) is -1.92. The van der Waals surface area contributed by atoms with Crippen LogP contribution in [0.1, 0.15) is 50.7 Å². The lowest BCUT2D eigenvalue weighted by molar-refractivity contribution is -0.258. The number of hydrogen-bond donors (Lipinski definition) is 1. The van der Waals surface area contributed by atoms with Crippen molar-refractivity contribution in [3.8, 4) is 0 Å². The molecular formula is C14H19F3O. The summed E-state index contributed by atoms with van der Waals surface area (Å²) in [6, 6.07) is 6.04. The Balaban J connectivity index is 2.96. The van der Waals surface area contributed by atoms with Gasteiger partial charge < -0.3 is 5.11 Å². The zero-order chi connectivity index (χ0) is 14.0. The molecule has 1 N–H and O–H groups in total. The largest absolute Gasteiger partial charge is 0.421 e. The molecule has 2 atom stereocenters. The standard InChI is InChI=1S/C14H19F3O/c1-4-5-10(2)11-6-8-12(9-7-11)13(3,18)14(15,16)17/h6-10,18H,4-5H2,1-3H3. The molecule has 0 bridgehead atoms. The number of rotatable bonds is 4. The van der Waals surface area contributed by atoms with Crippen LogP contribution in [0.3, 0.4) is 0 Å². The summed E-state index contributed by atoms with van der Waals surface area (Å²) in [6.45, 7) is 4.89. The maximum absolute atomic E-state index is 12.6. The maximum Gasteiger partial charge on any atom is 0.421 e. The number of hydrogen-bond acceptors (Lipinski definition) is 1. The van der Waals surface area contributed by atoms with Gasteiger partial charge in [-0.05, 0) is 30.4 Å². The Bertz CT molecular complexity index is 379. The summed E-state index contributed by atoms with van der Waals surface area (Å²) in [4.78, 5) is 0. The molecule has 0 saturated heterocycles. The molecule has 0 aliphatic heterocycles. The van der Waals surface area contributed by atoms with Crippen molar-refractivity contribution in [2.24, 2.45) is 0 Å². The summed E-state index contributed by atoms with van der Waals surface area (Å²) in [6.07, 6.45) is -2.64. The van der Waals surface area contributed by atoms with Crippen LogP contribution in [0.2, 0.25) is 0 Å². The SMILES string of the molecule is CCCC(C)c1ccc(C(C)(O)C(F)(F)F)cc1. The zero-order valence-corrected chi connectivity index (χ0v) is 10.9. The van der Waals surface area contributed by atoms with Crippen molar-refractivity contribution < 1.29 is 18.3 Å². The summed E-state index contributed by atoms with van der Waals surface area (Å²) in [5, 5.41) is 9.53. The number of halogens is 3. The van der Waals surface area contributed by atoms with Crippen LogP contribution in [-0.4, -0.2) is 11.3 Å². The Hall–Kier alpha value is -1.03. The Kier molecular flexibility index (Phi) is 4.43. The highest BCUT2D eigenvalue weighted by molar-refractivity contribution is 5.29. The van der Waals surface area contributed by atoms with E-state index >= 15 is 0 Å². The number of benzene rings is 1. The smallest absolute Gasteiger partial charge is 0.376 e. The fraction of sp³-hybridized carbons (Fsp3) is 0.571. The molecule has 2 unspecified atom stereocenters. The predicted octanol–water partition coefficient (Wildman–Crippen LogP) is 4.36. The molecule has 0 fully saturated rings. The number of aliphatic hydroxyl groups is 1. The number of alkyl halides is 3. The first-order valence-corrected chi connectivity index (χ1v) is 6.09. The van der Waals surface area contributed by atoms with Crippen LogP contribution in [-0.2, 0) is 5.60 Å². The van der Waals surface area contributed by atoms with Gasteiger partial charge in [0.25, 0.3) is 0 Å². The first-order valence-electron chi connectivity index (χ1n) is 6.09. The van der Waals surface area contributed by atoms with E-state index in [9.17, 15) is 18.3 Å². The van der Waals surface area contributed by atoms with E-state index in [1.54, 1.807) is 12.1 Å². The summed E-state index contributed by atoms with van der Waals surface area (Å²) < 4.78 is 37.9. The monoisotopic (exact) mass is 260 g/mol. The van der Waals surface area contributed by atoms with Crippen molar-refractivity contribution in [2.75, 3.05) is 0 Å². The van der Waals surface area contributed by atoms with Gasteiger partial charge in [0.2, 0.25) is 0 Å². The predicted molar refractivity (Wildman–Crippen MR) is 65.4 cm³/mol. The van der Waals surface area contributed by atoms with Gasteiger partial charge in [-0.3, -0.25) is 0 Å². The molecule has 0 aromatic heterocycles. The highest BCUT2D eigenvalue weighted by Gasteiger charge is 2.51. The van der Waals surface area contributed by atoms with Crippen molar-refractivity contribution in [3.63, 3.8) is 0 Å². The summed E-state index contributed by atoms with van der Waals surface area (Å²) >= 11 is 0. The normalized spacial score (nSPS) is 17.3. The van der Waals surface area contributed by atoms with Gasteiger partial charge in [0.05, 0.1) is 0 Å².